The second-order valence-corrected chi connectivity index (χ2v) is 8.25. The number of rotatable bonds is 9. The van der Waals surface area contributed by atoms with E-state index >= 15 is 0 Å². The summed E-state index contributed by atoms with van der Waals surface area (Å²) in [4.78, 5) is 17.7. The fraction of sp³-hybridized carbons (Fsp3) is 0.500. The summed E-state index contributed by atoms with van der Waals surface area (Å²) in [6, 6.07) is 21.4. The lowest BCUT2D eigenvalue weighted by atomic mass is 9.86. The highest BCUT2D eigenvalue weighted by atomic mass is 16.2. The minimum Gasteiger partial charge on any atom is -0.309 e. The summed E-state index contributed by atoms with van der Waals surface area (Å²) in [5.74, 6) is 0.788. The number of hydrogen-bond acceptors (Lipinski definition) is 2. The summed E-state index contributed by atoms with van der Waals surface area (Å²) in [5.41, 5.74) is 2.47. The maximum absolute atomic E-state index is 12.9. The van der Waals surface area contributed by atoms with Crippen LogP contribution in [0.1, 0.15) is 51.5 Å². The lowest BCUT2D eigenvalue weighted by molar-refractivity contribution is -0.119. The number of unbranched alkanes of at least 4 members (excludes halogenated alkanes) is 1. The number of nitrogens with zero attached hydrogens (tertiary/aromatic N) is 2. The van der Waals surface area contributed by atoms with Crippen LogP contribution in [0.2, 0.25) is 0 Å². The standard InChI is InChI=1S/C26H36N2O/c1-3-5-14-23-21-27(19-17-22-12-8-6-9-13-22)20-18-25(23)28(26(29)4-2)24-15-10-7-11-16-24/h6-13,15-16,23,25H,3-5,14,17-21H2,1-2H3. The first-order valence-electron chi connectivity index (χ1n) is 11.4. The first-order valence-corrected chi connectivity index (χ1v) is 11.4. The van der Waals surface area contributed by atoms with E-state index in [2.05, 4.69) is 59.2 Å². The predicted molar refractivity (Wildman–Crippen MR) is 122 cm³/mol. The van der Waals surface area contributed by atoms with Crippen molar-refractivity contribution in [3.8, 4) is 0 Å². The molecule has 1 saturated heterocycles. The molecule has 0 saturated carbocycles. The zero-order chi connectivity index (χ0) is 20.5. The van der Waals surface area contributed by atoms with Gasteiger partial charge in [0.25, 0.3) is 0 Å². The van der Waals surface area contributed by atoms with Gasteiger partial charge in [0.1, 0.15) is 0 Å². The van der Waals surface area contributed by atoms with E-state index in [-0.39, 0.29) is 5.91 Å². The quantitative estimate of drug-likeness (QED) is 0.558. The highest BCUT2D eigenvalue weighted by molar-refractivity contribution is 5.93. The smallest absolute Gasteiger partial charge is 0.226 e. The molecular weight excluding hydrogens is 356 g/mol. The molecule has 0 aliphatic carbocycles. The minimum atomic E-state index is 0.250. The number of benzene rings is 2. The summed E-state index contributed by atoms with van der Waals surface area (Å²) >= 11 is 0. The van der Waals surface area contributed by atoms with Gasteiger partial charge in [-0.25, -0.2) is 0 Å². The van der Waals surface area contributed by atoms with Crippen LogP contribution in [0.25, 0.3) is 0 Å². The van der Waals surface area contributed by atoms with Gasteiger partial charge in [-0.05, 0) is 42.9 Å². The van der Waals surface area contributed by atoms with Gasteiger partial charge in [-0.3, -0.25) is 4.79 Å². The van der Waals surface area contributed by atoms with Gasteiger partial charge in [-0.1, -0.05) is 75.2 Å². The van der Waals surface area contributed by atoms with Crippen molar-refractivity contribution in [2.45, 2.75) is 58.4 Å². The number of anilines is 1. The summed E-state index contributed by atoms with van der Waals surface area (Å²) in [7, 11) is 0. The maximum Gasteiger partial charge on any atom is 0.226 e. The van der Waals surface area contributed by atoms with Gasteiger partial charge in [0.05, 0.1) is 0 Å². The zero-order valence-corrected chi connectivity index (χ0v) is 18.1. The number of amides is 1. The Labute approximate surface area is 176 Å². The van der Waals surface area contributed by atoms with Gasteiger partial charge >= 0.3 is 0 Å². The molecule has 0 N–H and O–H groups in total. The zero-order valence-electron chi connectivity index (χ0n) is 18.1. The lowest BCUT2D eigenvalue weighted by Crippen LogP contribution is -2.53. The molecule has 1 aliphatic rings. The molecule has 2 unspecified atom stereocenters. The van der Waals surface area contributed by atoms with E-state index < -0.39 is 0 Å². The van der Waals surface area contributed by atoms with Gasteiger partial charge in [-0.2, -0.15) is 0 Å². The van der Waals surface area contributed by atoms with Crippen molar-refractivity contribution in [1.29, 1.82) is 0 Å². The maximum atomic E-state index is 12.9. The van der Waals surface area contributed by atoms with Crippen molar-refractivity contribution in [1.82, 2.24) is 4.90 Å². The Morgan fingerprint density at radius 1 is 1.03 bits per heavy atom. The summed E-state index contributed by atoms with van der Waals surface area (Å²) < 4.78 is 0. The predicted octanol–water partition coefficient (Wildman–Crippen LogP) is 5.55. The molecule has 1 heterocycles. The Kier molecular flexibility index (Phi) is 8.30. The van der Waals surface area contributed by atoms with Gasteiger partial charge in [-0.15, -0.1) is 0 Å². The van der Waals surface area contributed by atoms with Crippen LogP contribution in [0.4, 0.5) is 5.69 Å². The van der Waals surface area contributed by atoms with Crippen LogP contribution in [0.3, 0.4) is 0 Å². The van der Waals surface area contributed by atoms with Crippen molar-refractivity contribution < 1.29 is 4.79 Å². The molecule has 0 spiro atoms. The SMILES string of the molecule is CCCCC1CN(CCc2ccccc2)CCC1N(C(=O)CC)c1ccccc1. The molecule has 2 aromatic carbocycles. The molecular formula is C26H36N2O. The van der Waals surface area contributed by atoms with Crippen LogP contribution in [-0.2, 0) is 11.2 Å². The third-order valence-electron chi connectivity index (χ3n) is 6.20. The van der Waals surface area contributed by atoms with E-state index in [4.69, 9.17) is 0 Å². The number of hydrogen-bond donors (Lipinski definition) is 0. The Morgan fingerprint density at radius 2 is 1.72 bits per heavy atom. The van der Waals surface area contributed by atoms with Crippen LogP contribution in [0.15, 0.2) is 60.7 Å². The number of carbonyl (C=O) groups is 1. The third kappa shape index (κ3) is 5.93. The summed E-state index contributed by atoms with van der Waals surface area (Å²) in [6.07, 6.45) is 6.36. The van der Waals surface area contributed by atoms with Gasteiger partial charge in [0.2, 0.25) is 5.91 Å². The van der Waals surface area contributed by atoms with Gasteiger partial charge < -0.3 is 9.80 Å². The average molecular weight is 393 g/mol. The molecule has 29 heavy (non-hydrogen) atoms. The molecule has 0 bridgehead atoms. The highest BCUT2D eigenvalue weighted by Crippen LogP contribution is 2.31. The molecule has 1 amide bonds. The molecule has 2 atom stereocenters. The highest BCUT2D eigenvalue weighted by Gasteiger charge is 2.35. The average Bonchev–Trinajstić information content (AvgIpc) is 2.78. The number of carbonyl (C=O) groups excluding carboxylic acids is 1. The molecule has 2 aromatic rings. The number of para-hydroxylation sites is 1. The lowest BCUT2D eigenvalue weighted by Gasteiger charge is -2.44. The largest absolute Gasteiger partial charge is 0.309 e. The van der Waals surface area contributed by atoms with Crippen LogP contribution in [0, 0.1) is 5.92 Å². The van der Waals surface area contributed by atoms with Crippen LogP contribution in [-0.4, -0.2) is 36.5 Å². The Morgan fingerprint density at radius 3 is 2.38 bits per heavy atom. The van der Waals surface area contributed by atoms with Gasteiger partial charge in [0.15, 0.2) is 0 Å². The van der Waals surface area contributed by atoms with E-state index in [0.717, 1.165) is 38.2 Å². The summed E-state index contributed by atoms with van der Waals surface area (Å²) in [6.45, 7) is 7.51. The van der Waals surface area contributed by atoms with Crippen LogP contribution < -0.4 is 4.90 Å². The Hall–Kier alpha value is -2.13. The first kappa shape index (κ1) is 21.6. The topological polar surface area (TPSA) is 23.6 Å². The Bertz CT molecular complexity index is 731. The molecule has 3 heteroatoms. The van der Waals surface area contributed by atoms with Crippen molar-refractivity contribution in [3.05, 3.63) is 66.2 Å². The third-order valence-corrected chi connectivity index (χ3v) is 6.20. The number of likely N-dealkylation sites (tertiary alicyclic amines) is 1. The van der Waals surface area contributed by atoms with Crippen molar-refractivity contribution >= 4 is 11.6 Å². The fourth-order valence-corrected chi connectivity index (χ4v) is 4.60. The first-order chi connectivity index (χ1) is 14.2. The van der Waals surface area contributed by atoms with E-state index in [1.165, 1.54) is 24.8 Å². The van der Waals surface area contributed by atoms with E-state index in [1.54, 1.807) is 0 Å². The van der Waals surface area contributed by atoms with Crippen molar-refractivity contribution in [3.63, 3.8) is 0 Å². The van der Waals surface area contributed by atoms with E-state index in [1.807, 2.05) is 25.1 Å². The van der Waals surface area contributed by atoms with E-state index in [0.29, 0.717) is 18.4 Å². The summed E-state index contributed by atoms with van der Waals surface area (Å²) in [5, 5.41) is 0. The molecule has 0 aromatic heterocycles. The van der Waals surface area contributed by atoms with Crippen LogP contribution >= 0.6 is 0 Å². The molecule has 0 radical (unpaired) electrons. The molecule has 3 rings (SSSR count). The minimum absolute atomic E-state index is 0.250. The second kappa shape index (κ2) is 11.2. The van der Waals surface area contributed by atoms with Gasteiger partial charge in [0, 0.05) is 37.8 Å². The molecule has 1 fully saturated rings. The second-order valence-electron chi connectivity index (χ2n) is 8.25. The van der Waals surface area contributed by atoms with Crippen molar-refractivity contribution in [2.75, 3.05) is 24.5 Å². The molecule has 156 valence electrons. The van der Waals surface area contributed by atoms with E-state index in [9.17, 15) is 4.79 Å². The normalized spacial score (nSPS) is 19.8. The molecule has 1 aliphatic heterocycles. The van der Waals surface area contributed by atoms with Crippen molar-refractivity contribution in [2.24, 2.45) is 5.92 Å². The number of piperidine rings is 1. The van der Waals surface area contributed by atoms with Crippen LogP contribution in [0.5, 0.6) is 0 Å². The monoisotopic (exact) mass is 392 g/mol. The molecule has 3 nitrogen and oxygen atoms in total. The Balaban J connectivity index is 1.72. The fourth-order valence-electron chi connectivity index (χ4n) is 4.60.